The van der Waals surface area contributed by atoms with Crippen LogP contribution >= 0.6 is 11.6 Å². The fraction of sp³-hybridized carbons (Fsp3) is 0.231. The van der Waals surface area contributed by atoms with Crippen molar-refractivity contribution >= 4 is 23.4 Å². The van der Waals surface area contributed by atoms with E-state index in [1.165, 1.54) is 4.90 Å². The molecule has 2 amide bonds. The van der Waals surface area contributed by atoms with Crippen LogP contribution in [0.2, 0.25) is 5.02 Å². The number of hydrogen-bond acceptors (Lipinski definition) is 5. The van der Waals surface area contributed by atoms with Crippen molar-refractivity contribution in [3.63, 3.8) is 0 Å². The zero-order valence-electron chi connectivity index (χ0n) is 18.8. The minimum atomic E-state index is -0.337. The number of aryl methyl sites for hydroxylation is 1. The van der Waals surface area contributed by atoms with Crippen molar-refractivity contribution in [2.24, 2.45) is 0 Å². The number of rotatable bonds is 9. The number of furan rings is 1. The van der Waals surface area contributed by atoms with Gasteiger partial charge in [0.15, 0.2) is 11.5 Å². The molecule has 0 N–H and O–H groups in total. The molecule has 0 aliphatic carbocycles. The first kappa shape index (κ1) is 23.4. The highest BCUT2D eigenvalue weighted by Gasteiger charge is 2.24. The Labute approximate surface area is 203 Å². The van der Waals surface area contributed by atoms with Gasteiger partial charge in [0, 0.05) is 13.1 Å². The van der Waals surface area contributed by atoms with Gasteiger partial charge in [-0.15, -0.1) is 6.58 Å². The summed E-state index contributed by atoms with van der Waals surface area (Å²) in [7, 11) is 0. The van der Waals surface area contributed by atoms with E-state index in [1.54, 1.807) is 35.2 Å². The molecule has 8 heteroatoms. The third-order valence-corrected chi connectivity index (χ3v) is 5.70. The SMILES string of the molecule is C=CCN(CC(=O)N(Cc1ccc2c(c1)OCO2)Cc1ccc(C)o1)C(=O)c1ccccc1Cl. The minimum absolute atomic E-state index is 0.139. The zero-order chi connectivity index (χ0) is 24.1. The number of fused-ring (bicyclic) bond motifs is 1. The lowest BCUT2D eigenvalue weighted by Gasteiger charge is -2.27. The third-order valence-electron chi connectivity index (χ3n) is 5.37. The molecule has 1 aliphatic heterocycles. The van der Waals surface area contributed by atoms with Gasteiger partial charge in [-0.3, -0.25) is 9.59 Å². The first-order valence-electron chi connectivity index (χ1n) is 10.8. The standard InChI is InChI=1S/C26H25ClN2O5/c1-3-12-28(26(31)21-6-4-5-7-22(21)27)16-25(30)29(15-20-10-8-18(2)34-20)14-19-9-11-23-24(13-19)33-17-32-23/h3-11,13H,1,12,14-17H2,2H3. The Hall–Kier alpha value is -3.71. The number of benzene rings is 2. The molecule has 3 aromatic rings. The van der Waals surface area contributed by atoms with Crippen LogP contribution in [0.5, 0.6) is 11.5 Å². The average Bonchev–Trinajstić information content (AvgIpc) is 3.46. The van der Waals surface area contributed by atoms with Crippen LogP contribution in [0.3, 0.4) is 0 Å². The van der Waals surface area contributed by atoms with E-state index in [4.69, 9.17) is 25.5 Å². The van der Waals surface area contributed by atoms with E-state index < -0.39 is 0 Å². The van der Waals surface area contributed by atoms with Gasteiger partial charge in [-0.05, 0) is 48.9 Å². The summed E-state index contributed by atoms with van der Waals surface area (Å²) in [6, 6.07) is 16.0. The van der Waals surface area contributed by atoms with Crippen molar-refractivity contribution in [3.8, 4) is 11.5 Å². The van der Waals surface area contributed by atoms with Crippen LogP contribution < -0.4 is 9.47 Å². The van der Waals surface area contributed by atoms with Gasteiger partial charge in [0.2, 0.25) is 12.7 Å². The van der Waals surface area contributed by atoms with Crippen LogP contribution in [-0.2, 0) is 17.9 Å². The maximum absolute atomic E-state index is 13.5. The predicted octanol–water partition coefficient (Wildman–Crippen LogP) is 4.83. The van der Waals surface area contributed by atoms with Crippen molar-refractivity contribution in [2.45, 2.75) is 20.0 Å². The molecule has 0 saturated heterocycles. The predicted molar refractivity (Wildman–Crippen MR) is 128 cm³/mol. The van der Waals surface area contributed by atoms with Crippen molar-refractivity contribution in [1.82, 2.24) is 9.80 Å². The second-order valence-corrected chi connectivity index (χ2v) is 8.31. The Kier molecular flexibility index (Phi) is 7.23. The van der Waals surface area contributed by atoms with Crippen LogP contribution in [0, 0.1) is 6.92 Å². The van der Waals surface area contributed by atoms with Gasteiger partial charge in [-0.2, -0.15) is 0 Å². The summed E-state index contributed by atoms with van der Waals surface area (Å²) in [5, 5.41) is 0.331. The molecule has 2 heterocycles. The zero-order valence-corrected chi connectivity index (χ0v) is 19.6. The molecule has 0 radical (unpaired) electrons. The topological polar surface area (TPSA) is 72.2 Å². The van der Waals surface area contributed by atoms with Gasteiger partial charge in [0.25, 0.3) is 5.91 Å². The molecule has 0 unspecified atom stereocenters. The van der Waals surface area contributed by atoms with Crippen molar-refractivity contribution in [3.05, 3.63) is 94.9 Å². The maximum atomic E-state index is 13.5. The molecular formula is C26H25ClN2O5. The summed E-state index contributed by atoms with van der Waals surface area (Å²) < 4.78 is 16.6. The summed E-state index contributed by atoms with van der Waals surface area (Å²) >= 11 is 6.22. The highest BCUT2D eigenvalue weighted by molar-refractivity contribution is 6.33. The summed E-state index contributed by atoms with van der Waals surface area (Å²) in [6.07, 6.45) is 1.58. The van der Waals surface area contributed by atoms with Crippen LogP contribution in [0.1, 0.15) is 27.4 Å². The summed E-state index contributed by atoms with van der Waals surface area (Å²) in [6.45, 7) is 6.37. The molecule has 1 aliphatic rings. The van der Waals surface area contributed by atoms with E-state index in [1.807, 2.05) is 37.3 Å². The van der Waals surface area contributed by atoms with Crippen LogP contribution in [0.25, 0.3) is 0 Å². The van der Waals surface area contributed by atoms with Crippen LogP contribution in [0.4, 0.5) is 0 Å². The van der Waals surface area contributed by atoms with Gasteiger partial charge < -0.3 is 23.7 Å². The molecule has 34 heavy (non-hydrogen) atoms. The van der Waals surface area contributed by atoms with Crippen LogP contribution in [0.15, 0.2) is 71.7 Å². The van der Waals surface area contributed by atoms with Gasteiger partial charge in [0.05, 0.1) is 17.1 Å². The smallest absolute Gasteiger partial charge is 0.256 e. The van der Waals surface area contributed by atoms with Crippen molar-refractivity contribution in [2.75, 3.05) is 19.9 Å². The summed E-state index contributed by atoms with van der Waals surface area (Å²) in [4.78, 5) is 29.7. The fourth-order valence-corrected chi connectivity index (χ4v) is 3.91. The van der Waals surface area contributed by atoms with Crippen LogP contribution in [-0.4, -0.2) is 41.5 Å². The molecule has 176 valence electrons. The molecule has 2 aromatic carbocycles. The number of amides is 2. The van der Waals surface area contributed by atoms with Gasteiger partial charge >= 0.3 is 0 Å². The number of nitrogens with zero attached hydrogens (tertiary/aromatic N) is 2. The Bertz CT molecular complexity index is 1210. The lowest BCUT2D eigenvalue weighted by atomic mass is 10.1. The van der Waals surface area contributed by atoms with E-state index >= 15 is 0 Å². The van der Waals surface area contributed by atoms with E-state index in [0.717, 1.165) is 11.3 Å². The number of ether oxygens (including phenoxy) is 2. The Morgan fingerprint density at radius 2 is 1.82 bits per heavy atom. The molecule has 0 fully saturated rings. The highest BCUT2D eigenvalue weighted by atomic mass is 35.5. The first-order valence-corrected chi connectivity index (χ1v) is 11.2. The molecule has 0 bridgehead atoms. The molecule has 1 aromatic heterocycles. The normalized spacial score (nSPS) is 11.8. The van der Waals surface area contributed by atoms with Gasteiger partial charge in [-0.25, -0.2) is 0 Å². The van der Waals surface area contributed by atoms with E-state index in [-0.39, 0.29) is 38.2 Å². The largest absolute Gasteiger partial charge is 0.464 e. The second kappa shape index (κ2) is 10.5. The van der Waals surface area contributed by atoms with Crippen molar-refractivity contribution in [1.29, 1.82) is 0 Å². The number of hydrogen-bond donors (Lipinski definition) is 0. The van der Waals surface area contributed by atoms with Gasteiger partial charge in [-0.1, -0.05) is 35.9 Å². The second-order valence-electron chi connectivity index (χ2n) is 7.90. The first-order chi connectivity index (χ1) is 16.4. The Balaban J connectivity index is 1.56. The molecule has 7 nitrogen and oxygen atoms in total. The molecule has 0 saturated carbocycles. The van der Waals surface area contributed by atoms with Crippen molar-refractivity contribution < 1.29 is 23.5 Å². The molecular weight excluding hydrogens is 456 g/mol. The van der Waals surface area contributed by atoms with E-state index in [0.29, 0.717) is 34.4 Å². The van der Waals surface area contributed by atoms with E-state index in [9.17, 15) is 9.59 Å². The lowest BCUT2D eigenvalue weighted by Crippen LogP contribution is -2.42. The highest BCUT2D eigenvalue weighted by Crippen LogP contribution is 2.33. The Morgan fingerprint density at radius 3 is 2.56 bits per heavy atom. The monoisotopic (exact) mass is 480 g/mol. The number of carbonyl (C=O) groups excluding carboxylic acids is 2. The average molecular weight is 481 g/mol. The Morgan fingerprint density at radius 1 is 1.03 bits per heavy atom. The quantitative estimate of drug-likeness (QED) is 0.410. The maximum Gasteiger partial charge on any atom is 0.256 e. The molecule has 0 spiro atoms. The summed E-state index contributed by atoms with van der Waals surface area (Å²) in [5.41, 5.74) is 1.20. The molecule has 0 atom stereocenters. The summed E-state index contributed by atoms with van der Waals surface area (Å²) in [5.74, 6) is 2.14. The molecule has 4 rings (SSSR count). The number of halogens is 1. The van der Waals surface area contributed by atoms with Gasteiger partial charge in [0.1, 0.15) is 18.1 Å². The number of carbonyl (C=O) groups is 2. The fourth-order valence-electron chi connectivity index (χ4n) is 3.69. The third kappa shape index (κ3) is 5.43. The van der Waals surface area contributed by atoms with E-state index in [2.05, 4.69) is 6.58 Å². The minimum Gasteiger partial charge on any atom is -0.464 e. The lowest BCUT2D eigenvalue weighted by molar-refractivity contribution is -0.133.